The Morgan fingerprint density at radius 2 is 2.09 bits per heavy atom. The van der Waals surface area contributed by atoms with Gasteiger partial charge in [0, 0.05) is 29.9 Å². The lowest BCUT2D eigenvalue weighted by Crippen LogP contribution is -2.00. The molecule has 3 aromatic heterocycles. The summed E-state index contributed by atoms with van der Waals surface area (Å²) in [5.41, 5.74) is 2.12. The second kappa shape index (κ2) is 6.35. The molecule has 3 aromatic rings. The van der Waals surface area contributed by atoms with E-state index in [-0.39, 0.29) is 5.75 Å². The second-order valence-electron chi connectivity index (χ2n) is 4.47. The number of halogens is 1. The van der Waals surface area contributed by atoms with E-state index in [0.29, 0.717) is 22.2 Å². The molecule has 0 N–H and O–H groups in total. The molecule has 0 bridgehead atoms. The van der Waals surface area contributed by atoms with E-state index >= 15 is 0 Å². The van der Waals surface area contributed by atoms with E-state index in [9.17, 15) is 8.76 Å². The predicted molar refractivity (Wildman–Crippen MR) is 82.2 cm³/mol. The summed E-state index contributed by atoms with van der Waals surface area (Å²) in [5, 5.41) is 0.347. The number of nitrogens with zero attached hydrogens (tertiary/aromatic N) is 4. The molecule has 8 heteroatoms. The minimum absolute atomic E-state index is 0.0621. The minimum atomic E-state index is -2.14. The normalized spacial score (nSPS) is 12.3. The molecule has 112 valence electrons. The Labute approximate surface area is 134 Å². The van der Waals surface area contributed by atoms with Gasteiger partial charge >= 0.3 is 0 Å². The molecule has 6 nitrogen and oxygen atoms in total. The van der Waals surface area contributed by atoms with Gasteiger partial charge in [0.1, 0.15) is 12.1 Å². The average Bonchev–Trinajstić information content (AvgIpc) is 2.90. The van der Waals surface area contributed by atoms with Crippen molar-refractivity contribution in [3.63, 3.8) is 0 Å². The molecule has 0 radical (unpaired) electrons. The van der Waals surface area contributed by atoms with Gasteiger partial charge in [0.2, 0.25) is 0 Å². The zero-order valence-electron chi connectivity index (χ0n) is 11.2. The van der Waals surface area contributed by atoms with Crippen molar-refractivity contribution in [3.05, 3.63) is 59.9 Å². The van der Waals surface area contributed by atoms with Gasteiger partial charge in [-0.05, 0) is 23.8 Å². The highest BCUT2D eigenvalue weighted by molar-refractivity contribution is 7.78. The van der Waals surface area contributed by atoms with Gasteiger partial charge in [0.05, 0.1) is 5.69 Å². The summed E-state index contributed by atoms with van der Waals surface area (Å²) < 4.78 is 23.1. The summed E-state index contributed by atoms with van der Waals surface area (Å²) in [4.78, 5) is 12.4. The van der Waals surface area contributed by atoms with Crippen LogP contribution in [0.1, 0.15) is 5.56 Å². The van der Waals surface area contributed by atoms with Crippen molar-refractivity contribution in [3.8, 4) is 17.1 Å². The van der Waals surface area contributed by atoms with Crippen molar-refractivity contribution in [1.29, 1.82) is 0 Å². The Morgan fingerprint density at radius 1 is 1.23 bits per heavy atom. The maximum atomic E-state index is 10.7. The fraction of sp³-hybridized carbons (Fsp3) is 0.0714. The molecule has 0 aliphatic heterocycles. The fourth-order valence-electron chi connectivity index (χ4n) is 2.04. The van der Waals surface area contributed by atoms with Crippen LogP contribution in [0.25, 0.3) is 17.1 Å². The quantitative estimate of drug-likeness (QED) is 0.684. The number of imidazole rings is 1. The molecular formula is C14H10ClN4O2S-. The lowest BCUT2D eigenvalue weighted by molar-refractivity contribution is 0.536. The Bertz CT molecular complexity index is 805. The molecule has 3 rings (SSSR count). The van der Waals surface area contributed by atoms with Gasteiger partial charge in [-0.15, -0.1) is 0 Å². The van der Waals surface area contributed by atoms with E-state index in [0.717, 1.165) is 5.56 Å². The minimum Gasteiger partial charge on any atom is -0.772 e. The molecule has 0 aliphatic rings. The van der Waals surface area contributed by atoms with Crippen molar-refractivity contribution in [2.24, 2.45) is 0 Å². The van der Waals surface area contributed by atoms with Crippen LogP contribution in [0.3, 0.4) is 0 Å². The Hall–Kier alpha value is -2.09. The summed E-state index contributed by atoms with van der Waals surface area (Å²) in [6, 6.07) is 7.11. The molecular weight excluding hydrogens is 324 g/mol. The van der Waals surface area contributed by atoms with Gasteiger partial charge in [-0.25, -0.2) is 9.97 Å². The molecule has 0 amide bonds. The van der Waals surface area contributed by atoms with E-state index in [2.05, 4.69) is 15.0 Å². The van der Waals surface area contributed by atoms with Crippen molar-refractivity contribution < 1.29 is 8.76 Å². The van der Waals surface area contributed by atoms with Crippen molar-refractivity contribution in [1.82, 2.24) is 19.5 Å². The second-order valence-corrected chi connectivity index (χ2v) is 5.72. The monoisotopic (exact) mass is 333 g/mol. The molecule has 0 saturated heterocycles. The standard InChI is InChI=1S/C14H11ClN4O2S/c15-14-13(11-2-1-5-16-7-11)19(9-18-14)12-4-3-10(6-17-12)8-22(20)21/h1-7,9H,8H2,(H,20,21)/p-1. The third kappa shape index (κ3) is 3.06. The number of rotatable bonds is 4. The van der Waals surface area contributed by atoms with E-state index < -0.39 is 11.1 Å². The van der Waals surface area contributed by atoms with E-state index in [1.807, 2.05) is 12.1 Å². The summed E-state index contributed by atoms with van der Waals surface area (Å²) in [5.74, 6) is 0.534. The van der Waals surface area contributed by atoms with Crippen molar-refractivity contribution in [2.45, 2.75) is 5.75 Å². The summed E-state index contributed by atoms with van der Waals surface area (Å²) >= 11 is 4.02. The zero-order chi connectivity index (χ0) is 15.5. The van der Waals surface area contributed by atoms with Crippen LogP contribution in [0.4, 0.5) is 0 Å². The predicted octanol–water partition coefficient (Wildman–Crippen LogP) is 2.36. The van der Waals surface area contributed by atoms with Gasteiger partial charge in [-0.3, -0.25) is 13.8 Å². The number of aromatic nitrogens is 4. The molecule has 0 spiro atoms. The molecule has 3 heterocycles. The highest BCUT2D eigenvalue weighted by Gasteiger charge is 2.13. The Morgan fingerprint density at radius 3 is 2.73 bits per heavy atom. The number of hydrogen-bond acceptors (Lipinski definition) is 5. The first-order chi connectivity index (χ1) is 10.6. The van der Waals surface area contributed by atoms with Crippen LogP contribution in [0.15, 0.2) is 49.2 Å². The van der Waals surface area contributed by atoms with Crippen LogP contribution < -0.4 is 0 Å². The molecule has 1 unspecified atom stereocenters. The number of pyridine rings is 2. The summed E-state index contributed by atoms with van der Waals surface area (Å²) in [6.07, 6.45) is 6.45. The van der Waals surface area contributed by atoms with E-state index in [1.165, 1.54) is 6.20 Å². The molecule has 0 aliphatic carbocycles. The maximum absolute atomic E-state index is 10.7. The molecule has 0 aromatic carbocycles. The third-order valence-corrected chi connectivity index (χ3v) is 3.84. The van der Waals surface area contributed by atoms with Gasteiger partial charge < -0.3 is 4.55 Å². The first-order valence-corrected chi connectivity index (χ1v) is 7.92. The van der Waals surface area contributed by atoms with Gasteiger partial charge in [-0.1, -0.05) is 28.7 Å². The molecule has 0 fully saturated rings. The Kier molecular flexibility index (Phi) is 4.28. The summed E-state index contributed by atoms with van der Waals surface area (Å²) in [6.45, 7) is 0. The van der Waals surface area contributed by atoms with Crippen LogP contribution in [-0.2, 0) is 16.8 Å². The molecule has 0 saturated carbocycles. The highest BCUT2D eigenvalue weighted by Crippen LogP contribution is 2.28. The van der Waals surface area contributed by atoms with Gasteiger partial charge in [0.15, 0.2) is 5.15 Å². The van der Waals surface area contributed by atoms with Crippen molar-refractivity contribution in [2.75, 3.05) is 0 Å². The molecule has 1 atom stereocenters. The first kappa shape index (κ1) is 14.8. The lowest BCUT2D eigenvalue weighted by atomic mass is 10.2. The van der Waals surface area contributed by atoms with E-state index in [1.54, 1.807) is 35.4 Å². The Balaban J connectivity index is 2.01. The third-order valence-electron chi connectivity index (χ3n) is 3.00. The first-order valence-electron chi connectivity index (χ1n) is 6.29. The highest BCUT2D eigenvalue weighted by atomic mass is 35.5. The largest absolute Gasteiger partial charge is 0.772 e. The van der Waals surface area contributed by atoms with Crippen LogP contribution in [0.5, 0.6) is 0 Å². The maximum Gasteiger partial charge on any atom is 0.155 e. The zero-order valence-corrected chi connectivity index (χ0v) is 12.8. The van der Waals surface area contributed by atoms with Gasteiger partial charge in [-0.2, -0.15) is 0 Å². The smallest absolute Gasteiger partial charge is 0.155 e. The fourth-order valence-corrected chi connectivity index (χ4v) is 2.73. The van der Waals surface area contributed by atoms with Crippen LogP contribution in [-0.4, -0.2) is 28.3 Å². The lowest BCUT2D eigenvalue weighted by Gasteiger charge is -2.09. The summed E-state index contributed by atoms with van der Waals surface area (Å²) in [7, 11) is 0. The van der Waals surface area contributed by atoms with Crippen LogP contribution in [0, 0.1) is 0 Å². The molecule has 22 heavy (non-hydrogen) atoms. The number of hydrogen-bond donors (Lipinski definition) is 0. The topological polar surface area (TPSA) is 83.7 Å². The van der Waals surface area contributed by atoms with Crippen LogP contribution >= 0.6 is 11.6 Å². The average molecular weight is 334 g/mol. The van der Waals surface area contributed by atoms with Crippen molar-refractivity contribution >= 4 is 22.7 Å². The SMILES string of the molecule is O=S([O-])Cc1ccc(-n2cnc(Cl)c2-c2cccnc2)nc1. The van der Waals surface area contributed by atoms with E-state index in [4.69, 9.17) is 11.6 Å². The van der Waals surface area contributed by atoms with Crippen LogP contribution in [0.2, 0.25) is 5.15 Å². The van der Waals surface area contributed by atoms with Gasteiger partial charge in [0.25, 0.3) is 0 Å².